The second-order valence-corrected chi connectivity index (χ2v) is 5.13. The summed E-state index contributed by atoms with van der Waals surface area (Å²) in [4.78, 5) is 35.7. The van der Waals surface area contributed by atoms with E-state index < -0.39 is 28.6 Å². The van der Waals surface area contributed by atoms with Crippen molar-refractivity contribution in [3.05, 3.63) is 27.7 Å². The second-order valence-electron chi connectivity index (χ2n) is 5.13. The highest BCUT2D eigenvalue weighted by Gasteiger charge is 2.34. The van der Waals surface area contributed by atoms with Crippen LogP contribution < -0.4 is 5.43 Å². The van der Waals surface area contributed by atoms with Crippen molar-refractivity contribution >= 4 is 11.9 Å². The number of nitrogens with zero attached hydrogens (tertiary/aromatic N) is 3. The Morgan fingerprint density at radius 2 is 1.83 bits per heavy atom. The molecule has 1 amide bonds. The molecular formula is C14H19N3O7. The predicted molar refractivity (Wildman–Crippen MR) is 80.8 cm³/mol. The summed E-state index contributed by atoms with van der Waals surface area (Å²) in [5.74, 6) is -2.95. The Bertz CT molecular complexity index is 700. The third-order valence-corrected chi connectivity index (χ3v) is 3.64. The minimum Gasteiger partial charge on any atom is -0.503 e. The monoisotopic (exact) mass is 341 g/mol. The van der Waals surface area contributed by atoms with Crippen molar-refractivity contribution in [3.63, 3.8) is 0 Å². The van der Waals surface area contributed by atoms with Gasteiger partial charge in [0.1, 0.15) is 5.56 Å². The summed E-state index contributed by atoms with van der Waals surface area (Å²) < 4.78 is 11.2. The standard InChI is InChI=1S/C14H19N3O7/c1-23-5-3-16-8-15-7-9(14(21)22)11(18)12(19)10(15)13(20)17(16)4-6-24-2/h7,19H,3-6,8H2,1-2H3,(H,21,22). The first kappa shape index (κ1) is 17.9. The average molecular weight is 341 g/mol. The summed E-state index contributed by atoms with van der Waals surface area (Å²) in [5, 5.41) is 22.1. The molecule has 0 fully saturated rings. The molecule has 0 aliphatic carbocycles. The number of rotatable bonds is 7. The van der Waals surface area contributed by atoms with Gasteiger partial charge >= 0.3 is 5.97 Å². The van der Waals surface area contributed by atoms with Gasteiger partial charge < -0.3 is 24.3 Å². The largest absolute Gasteiger partial charge is 0.503 e. The quantitative estimate of drug-likeness (QED) is 0.659. The fourth-order valence-corrected chi connectivity index (χ4v) is 2.45. The SMILES string of the molecule is COCCN1Cn2cc(C(=O)O)c(=O)c(O)c2C(=O)N1CCOC. The number of amides is 1. The predicted octanol–water partition coefficient (Wildman–Crippen LogP) is -0.825. The molecule has 2 rings (SSSR count). The second kappa shape index (κ2) is 7.43. The van der Waals surface area contributed by atoms with Crippen LogP contribution in [0, 0.1) is 0 Å². The number of hydrogen-bond acceptors (Lipinski definition) is 7. The number of aromatic carboxylic acids is 1. The van der Waals surface area contributed by atoms with Crippen LogP contribution in [0.25, 0.3) is 0 Å². The Balaban J connectivity index is 2.49. The molecular weight excluding hydrogens is 322 g/mol. The molecule has 2 heterocycles. The Labute approximate surface area is 137 Å². The maximum absolute atomic E-state index is 12.7. The van der Waals surface area contributed by atoms with E-state index in [-0.39, 0.29) is 25.5 Å². The number of carboxylic acids is 1. The van der Waals surface area contributed by atoms with Gasteiger partial charge in [-0.3, -0.25) is 14.6 Å². The molecule has 0 spiro atoms. The Hall–Kier alpha value is -2.43. The molecule has 10 heteroatoms. The van der Waals surface area contributed by atoms with E-state index in [2.05, 4.69) is 0 Å². The molecule has 0 saturated carbocycles. The van der Waals surface area contributed by atoms with Crippen LogP contribution in [0.2, 0.25) is 0 Å². The van der Waals surface area contributed by atoms with Gasteiger partial charge in [0, 0.05) is 27.0 Å². The molecule has 0 saturated heterocycles. The molecule has 0 aromatic carbocycles. The van der Waals surface area contributed by atoms with Gasteiger partial charge in [-0.2, -0.15) is 5.01 Å². The molecule has 0 atom stereocenters. The topological polar surface area (TPSA) is 122 Å². The lowest BCUT2D eigenvalue weighted by Crippen LogP contribution is -2.54. The van der Waals surface area contributed by atoms with E-state index in [1.54, 1.807) is 5.01 Å². The van der Waals surface area contributed by atoms with E-state index in [0.29, 0.717) is 13.2 Å². The van der Waals surface area contributed by atoms with Crippen LogP contribution >= 0.6 is 0 Å². The first-order valence-electron chi connectivity index (χ1n) is 7.16. The van der Waals surface area contributed by atoms with Crippen molar-refractivity contribution in [2.75, 3.05) is 40.5 Å². The number of pyridine rings is 1. The smallest absolute Gasteiger partial charge is 0.341 e. The number of carbonyl (C=O) groups is 2. The lowest BCUT2D eigenvalue weighted by atomic mass is 10.2. The van der Waals surface area contributed by atoms with E-state index in [1.165, 1.54) is 23.8 Å². The highest BCUT2D eigenvalue weighted by Crippen LogP contribution is 2.22. The van der Waals surface area contributed by atoms with Crippen LogP contribution in [0.1, 0.15) is 20.8 Å². The van der Waals surface area contributed by atoms with Crippen LogP contribution in [-0.2, 0) is 16.1 Å². The number of fused-ring (bicyclic) bond motifs is 1. The number of aromatic hydroxyl groups is 1. The number of carboxylic acid groups (broad SMARTS) is 1. The van der Waals surface area contributed by atoms with E-state index in [1.807, 2.05) is 0 Å². The Morgan fingerprint density at radius 1 is 1.21 bits per heavy atom. The minimum absolute atomic E-state index is 0.0856. The average Bonchev–Trinajstić information content (AvgIpc) is 2.54. The zero-order chi connectivity index (χ0) is 17.9. The molecule has 1 aliphatic rings. The van der Waals surface area contributed by atoms with Gasteiger partial charge in [0.25, 0.3) is 5.91 Å². The number of methoxy groups -OCH3 is 2. The third-order valence-electron chi connectivity index (χ3n) is 3.64. The van der Waals surface area contributed by atoms with Crippen LogP contribution in [0.3, 0.4) is 0 Å². The van der Waals surface area contributed by atoms with Crippen LogP contribution in [0.5, 0.6) is 5.75 Å². The number of hydrogen-bond donors (Lipinski definition) is 2. The highest BCUT2D eigenvalue weighted by atomic mass is 16.5. The van der Waals surface area contributed by atoms with Crippen LogP contribution in [-0.4, -0.2) is 77.2 Å². The maximum Gasteiger partial charge on any atom is 0.341 e. The summed E-state index contributed by atoms with van der Waals surface area (Å²) in [5.41, 5.74) is -1.92. The van der Waals surface area contributed by atoms with Gasteiger partial charge in [0.05, 0.1) is 26.4 Å². The fourth-order valence-electron chi connectivity index (χ4n) is 2.45. The van der Waals surface area contributed by atoms with E-state index in [0.717, 1.165) is 6.20 Å². The van der Waals surface area contributed by atoms with Crippen LogP contribution in [0.15, 0.2) is 11.0 Å². The summed E-state index contributed by atoms with van der Waals surface area (Å²) in [6.07, 6.45) is 1.06. The molecule has 1 aromatic rings. The molecule has 0 bridgehead atoms. The van der Waals surface area contributed by atoms with E-state index in [4.69, 9.17) is 14.6 Å². The van der Waals surface area contributed by atoms with E-state index in [9.17, 15) is 19.5 Å². The zero-order valence-corrected chi connectivity index (χ0v) is 13.4. The lowest BCUT2D eigenvalue weighted by molar-refractivity contribution is -0.0627. The lowest BCUT2D eigenvalue weighted by Gasteiger charge is -2.40. The van der Waals surface area contributed by atoms with Gasteiger partial charge in [-0.25, -0.2) is 4.79 Å². The summed E-state index contributed by atoms with van der Waals surface area (Å²) in [6.45, 7) is 1.26. The Morgan fingerprint density at radius 3 is 2.42 bits per heavy atom. The number of hydrazine groups is 1. The molecule has 2 N–H and O–H groups in total. The van der Waals surface area contributed by atoms with Crippen molar-refractivity contribution in [2.45, 2.75) is 6.67 Å². The van der Waals surface area contributed by atoms with Crippen molar-refractivity contribution in [1.82, 2.24) is 14.6 Å². The normalized spacial score (nSPS) is 14.8. The zero-order valence-electron chi connectivity index (χ0n) is 13.4. The minimum atomic E-state index is -1.47. The molecule has 1 aromatic heterocycles. The molecule has 10 nitrogen and oxygen atoms in total. The van der Waals surface area contributed by atoms with Gasteiger partial charge in [-0.1, -0.05) is 0 Å². The molecule has 0 radical (unpaired) electrons. The first-order valence-corrected chi connectivity index (χ1v) is 7.16. The third kappa shape index (κ3) is 3.25. The Kier molecular flexibility index (Phi) is 5.54. The number of ether oxygens (including phenoxy) is 2. The number of carbonyl (C=O) groups excluding carboxylic acids is 1. The van der Waals surface area contributed by atoms with Crippen molar-refractivity contribution in [2.24, 2.45) is 0 Å². The van der Waals surface area contributed by atoms with Crippen molar-refractivity contribution in [3.8, 4) is 5.75 Å². The fraction of sp³-hybridized carbons (Fsp3) is 0.500. The molecule has 132 valence electrons. The van der Waals surface area contributed by atoms with Gasteiger partial charge in [0.2, 0.25) is 5.43 Å². The van der Waals surface area contributed by atoms with Gasteiger partial charge in [0.15, 0.2) is 11.4 Å². The van der Waals surface area contributed by atoms with Crippen molar-refractivity contribution < 1.29 is 29.3 Å². The van der Waals surface area contributed by atoms with E-state index >= 15 is 0 Å². The first-order chi connectivity index (χ1) is 11.4. The van der Waals surface area contributed by atoms with Gasteiger partial charge in [-0.15, -0.1) is 0 Å². The molecule has 0 unspecified atom stereocenters. The maximum atomic E-state index is 12.7. The van der Waals surface area contributed by atoms with Crippen LogP contribution in [0.4, 0.5) is 0 Å². The number of aromatic nitrogens is 1. The summed E-state index contributed by atoms with van der Waals surface area (Å²) in [6, 6.07) is 0. The highest BCUT2D eigenvalue weighted by molar-refractivity contribution is 5.97. The molecule has 24 heavy (non-hydrogen) atoms. The van der Waals surface area contributed by atoms with Gasteiger partial charge in [-0.05, 0) is 0 Å². The summed E-state index contributed by atoms with van der Waals surface area (Å²) >= 11 is 0. The molecule has 1 aliphatic heterocycles. The summed E-state index contributed by atoms with van der Waals surface area (Å²) in [7, 11) is 3.01. The van der Waals surface area contributed by atoms with Crippen molar-refractivity contribution in [1.29, 1.82) is 0 Å².